The molecule has 6 rings (SSSR count). The molecule has 2 aromatic carbocycles. The van der Waals surface area contributed by atoms with Gasteiger partial charge >= 0.3 is 11.9 Å². The number of aromatic nitrogens is 4. The minimum absolute atomic E-state index is 0.113. The summed E-state index contributed by atoms with van der Waals surface area (Å²) in [5.74, 6) is -2.73. The van der Waals surface area contributed by atoms with Crippen LogP contribution in [0.25, 0.3) is 17.8 Å². The summed E-state index contributed by atoms with van der Waals surface area (Å²) in [6, 6.07) is 11.8. The Bertz CT molecular complexity index is 2400. The molecule has 0 bridgehead atoms. The highest BCUT2D eigenvalue weighted by Crippen LogP contribution is 2.24. The lowest BCUT2D eigenvalue weighted by Gasteiger charge is -2.11. The number of carbonyl (C=O) groups excluding carboxylic acids is 2. The van der Waals surface area contributed by atoms with Gasteiger partial charge in [0.2, 0.25) is 0 Å². The molecule has 52 heavy (non-hydrogen) atoms. The number of aryl methyl sites for hydroxylation is 2. The number of H-pyrrole nitrogens is 3. The molecule has 0 saturated carbocycles. The van der Waals surface area contributed by atoms with Crippen LogP contribution in [0.3, 0.4) is 0 Å². The number of anilines is 1. The molecule has 0 fully saturated rings. The van der Waals surface area contributed by atoms with E-state index in [0.29, 0.717) is 56.5 Å². The lowest BCUT2D eigenvalue weighted by Crippen LogP contribution is -2.21. The third kappa shape index (κ3) is 7.60. The third-order valence-corrected chi connectivity index (χ3v) is 7.92. The average Bonchev–Trinajstić information content (AvgIpc) is 3.81. The van der Waals surface area contributed by atoms with E-state index >= 15 is 0 Å². The van der Waals surface area contributed by atoms with Crippen LogP contribution >= 0.6 is 0 Å². The zero-order chi connectivity index (χ0) is 37.7. The van der Waals surface area contributed by atoms with Crippen LogP contribution in [0.1, 0.15) is 57.1 Å². The number of nitrogens with zero attached hydrogens (tertiary/aromatic N) is 4. The molecule has 2 aliphatic heterocycles. The van der Waals surface area contributed by atoms with Crippen molar-refractivity contribution in [1.29, 1.82) is 0 Å². The summed E-state index contributed by atoms with van der Waals surface area (Å²) >= 11 is 0. The number of aromatic carboxylic acids is 2. The topological polar surface area (TPSA) is 235 Å². The smallest absolute Gasteiger partial charge is 0.335 e. The van der Waals surface area contributed by atoms with Gasteiger partial charge in [-0.05, 0) is 94.5 Å². The minimum Gasteiger partial charge on any atom is -0.478 e. The predicted octanol–water partition coefficient (Wildman–Crippen LogP) is 3.69. The number of aromatic amines is 3. The zero-order valence-corrected chi connectivity index (χ0v) is 28.2. The second-order valence-corrected chi connectivity index (χ2v) is 11.4. The van der Waals surface area contributed by atoms with Crippen molar-refractivity contribution in [2.45, 2.75) is 27.7 Å². The van der Waals surface area contributed by atoms with Crippen molar-refractivity contribution in [2.75, 3.05) is 5.01 Å². The average molecular weight is 705 g/mol. The molecule has 264 valence electrons. The Kier molecular flexibility index (Phi) is 10.4. The third-order valence-electron chi connectivity index (χ3n) is 7.92. The first-order chi connectivity index (χ1) is 24.8. The lowest BCUT2D eigenvalue weighted by molar-refractivity contribution is -0.116. The minimum atomic E-state index is -1.05. The van der Waals surface area contributed by atoms with Gasteiger partial charge in [-0.2, -0.15) is 15.2 Å². The molecule has 4 aromatic rings. The van der Waals surface area contributed by atoms with Gasteiger partial charge in [-0.3, -0.25) is 29.4 Å². The summed E-state index contributed by atoms with van der Waals surface area (Å²) < 4.78 is 1.33. The number of carboxylic acid groups (broad SMARTS) is 2. The van der Waals surface area contributed by atoms with Gasteiger partial charge < -0.3 is 15.3 Å². The van der Waals surface area contributed by atoms with E-state index in [1.165, 1.54) is 52.2 Å². The second kappa shape index (κ2) is 15.0. The van der Waals surface area contributed by atoms with E-state index in [1.807, 2.05) is 0 Å². The van der Waals surface area contributed by atoms with E-state index in [0.717, 1.165) is 0 Å². The van der Waals surface area contributed by atoms with Crippen LogP contribution in [0.4, 0.5) is 5.69 Å². The fraction of sp³-hybridized carbons (Fsp3) is 0.111. The van der Waals surface area contributed by atoms with Crippen molar-refractivity contribution in [1.82, 2.24) is 25.4 Å². The predicted molar refractivity (Wildman–Crippen MR) is 194 cm³/mol. The standard InChI is InChI=1S/C27H22N4O6.C9H10N4O2/c1-16-22(24(32)30(28-16)20-12-8-18(9-13-20)26(34)35)6-4-3-5-7-23-17(2)29-31(25(23)33)21-14-10-19(11-15-21)27(36)37;1-4-6(8(14)12-10-4)3-7-5(2)11-13-9(7)15/h3-15,28H,1-2H3,(H,34,35)(H,36,37);3H,1-2H3,(H,12,14)(H2,11,13,15)/b5-3-,6-4+,23-7?;. The molecule has 0 radical (unpaired) electrons. The molecule has 16 nitrogen and oxygen atoms in total. The number of carbonyl (C=O) groups is 4. The maximum absolute atomic E-state index is 12.8. The summed E-state index contributed by atoms with van der Waals surface area (Å²) in [6.45, 7) is 6.92. The largest absolute Gasteiger partial charge is 0.478 e. The maximum Gasteiger partial charge on any atom is 0.335 e. The molecular formula is C36H32N8O8. The number of allylic oxidation sites excluding steroid dienone is 4. The van der Waals surface area contributed by atoms with E-state index in [9.17, 15) is 28.8 Å². The van der Waals surface area contributed by atoms with Gasteiger partial charge in [0.25, 0.3) is 22.9 Å². The van der Waals surface area contributed by atoms with Crippen LogP contribution in [-0.2, 0) is 9.59 Å². The lowest BCUT2D eigenvalue weighted by atomic mass is 10.1. The Morgan fingerprint density at radius 3 is 1.87 bits per heavy atom. The number of nitrogens with one attached hydrogen (secondary N) is 4. The van der Waals surface area contributed by atoms with E-state index < -0.39 is 11.9 Å². The first kappa shape index (κ1) is 35.9. The number of rotatable bonds is 8. The highest BCUT2D eigenvalue weighted by molar-refractivity contribution is 6.30. The fourth-order valence-electron chi connectivity index (χ4n) is 5.05. The van der Waals surface area contributed by atoms with Crippen molar-refractivity contribution >= 4 is 53.0 Å². The van der Waals surface area contributed by atoms with Gasteiger partial charge in [-0.1, -0.05) is 18.2 Å². The molecule has 6 N–H and O–H groups in total. The van der Waals surface area contributed by atoms with E-state index in [4.69, 9.17) is 10.2 Å². The number of hydrazone groups is 2. The second-order valence-electron chi connectivity index (χ2n) is 11.4. The highest BCUT2D eigenvalue weighted by atomic mass is 16.4. The molecular weight excluding hydrogens is 672 g/mol. The van der Waals surface area contributed by atoms with E-state index in [-0.39, 0.29) is 34.1 Å². The molecule has 0 spiro atoms. The number of carboxylic acids is 2. The molecule has 2 amide bonds. The Balaban J connectivity index is 0.000000289. The van der Waals surface area contributed by atoms with Gasteiger partial charge in [0.05, 0.1) is 56.2 Å². The van der Waals surface area contributed by atoms with Crippen molar-refractivity contribution in [2.24, 2.45) is 10.2 Å². The van der Waals surface area contributed by atoms with Gasteiger partial charge in [0.1, 0.15) is 0 Å². The van der Waals surface area contributed by atoms with Crippen molar-refractivity contribution in [3.8, 4) is 5.69 Å². The summed E-state index contributed by atoms with van der Waals surface area (Å²) in [6.07, 6.45) is 9.79. The molecule has 0 aliphatic carbocycles. The van der Waals surface area contributed by atoms with Crippen molar-refractivity contribution < 1.29 is 29.4 Å². The number of amides is 2. The van der Waals surface area contributed by atoms with Gasteiger partial charge in [0.15, 0.2) is 0 Å². The first-order valence-corrected chi connectivity index (χ1v) is 15.5. The van der Waals surface area contributed by atoms with Crippen molar-refractivity contribution in [3.05, 3.63) is 138 Å². The summed E-state index contributed by atoms with van der Waals surface area (Å²) in [4.78, 5) is 70.3. The van der Waals surface area contributed by atoms with Crippen LogP contribution in [0.5, 0.6) is 0 Å². The van der Waals surface area contributed by atoms with Gasteiger partial charge in [-0.25, -0.2) is 19.7 Å². The van der Waals surface area contributed by atoms with Crippen LogP contribution in [0.2, 0.25) is 0 Å². The molecule has 2 aliphatic rings. The fourth-order valence-corrected chi connectivity index (χ4v) is 5.05. The number of hydrogen-bond acceptors (Lipinski definition) is 8. The van der Waals surface area contributed by atoms with E-state index in [2.05, 4.69) is 30.9 Å². The monoisotopic (exact) mass is 704 g/mol. The first-order valence-electron chi connectivity index (χ1n) is 15.5. The Morgan fingerprint density at radius 2 is 1.33 bits per heavy atom. The molecule has 0 saturated heterocycles. The maximum atomic E-state index is 12.8. The molecule has 16 heteroatoms. The van der Waals surface area contributed by atoms with Crippen LogP contribution in [-0.4, -0.2) is 65.4 Å². The van der Waals surface area contributed by atoms with Gasteiger partial charge in [0, 0.05) is 11.4 Å². The summed E-state index contributed by atoms with van der Waals surface area (Å²) in [7, 11) is 0. The SMILES string of the molecule is CC1=NN(c2ccc(C(=O)O)cc2)C(=O)C1=C/C=C\C=C\c1c(C)[nH]n(-c2ccc(C(=O)O)cc2)c1=O.CC1=NNC(=O)C1=Cc1c(C)[nH][nH]c1=O. The number of benzene rings is 2. The Labute approximate surface area is 294 Å². The quantitative estimate of drug-likeness (QED) is 0.117. The Hall–Kier alpha value is -7.36. The summed E-state index contributed by atoms with van der Waals surface area (Å²) in [5.41, 5.74) is 7.12. The molecule has 2 aromatic heterocycles. The Morgan fingerprint density at radius 1 is 0.712 bits per heavy atom. The van der Waals surface area contributed by atoms with Crippen LogP contribution < -0.4 is 21.6 Å². The zero-order valence-electron chi connectivity index (χ0n) is 28.2. The molecule has 0 atom stereocenters. The normalized spacial score (nSPS) is 15.7. The van der Waals surface area contributed by atoms with Crippen molar-refractivity contribution in [3.63, 3.8) is 0 Å². The number of hydrogen-bond donors (Lipinski definition) is 6. The molecule has 4 heterocycles. The van der Waals surface area contributed by atoms with Crippen LogP contribution in [0, 0.1) is 13.8 Å². The highest BCUT2D eigenvalue weighted by Gasteiger charge is 2.28. The molecule has 0 unspecified atom stereocenters. The van der Waals surface area contributed by atoms with Crippen LogP contribution in [0.15, 0.2) is 104 Å². The summed E-state index contributed by atoms with van der Waals surface area (Å²) in [5, 5.41) is 35.4. The van der Waals surface area contributed by atoms with Gasteiger partial charge in [-0.15, -0.1) is 0 Å². The van der Waals surface area contributed by atoms with E-state index in [1.54, 1.807) is 70.2 Å².